The lowest BCUT2D eigenvalue weighted by molar-refractivity contribution is -0.144. The first-order valence-corrected chi connectivity index (χ1v) is 7.32. The normalized spacial score (nSPS) is 24.9. The van der Waals surface area contributed by atoms with Crippen LogP contribution >= 0.6 is 0 Å². The second-order valence-electron chi connectivity index (χ2n) is 5.54. The van der Waals surface area contributed by atoms with Crippen molar-refractivity contribution >= 4 is 5.97 Å². The molecule has 20 heavy (non-hydrogen) atoms. The highest BCUT2D eigenvalue weighted by atomic mass is 16.5. The number of methoxy groups -OCH3 is 1. The summed E-state index contributed by atoms with van der Waals surface area (Å²) in [6.45, 7) is 0.734. The summed E-state index contributed by atoms with van der Waals surface area (Å²) in [6.07, 6.45) is 6.14. The van der Waals surface area contributed by atoms with E-state index in [9.17, 15) is 4.79 Å². The summed E-state index contributed by atoms with van der Waals surface area (Å²) in [4.78, 5) is 16.5. The van der Waals surface area contributed by atoms with Gasteiger partial charge in [0.1, 0.15) is 12.0 Å². The van der Waals surface area contributed by atoms with Gasteiger partial charge in [-0.1, -0.05) is 18.0 Å². The molecule has 6 heteroatoms. The molecule has 1 saturated heterocycles. The summed E-state index contributed by atoms with van der Waals surface area (Å²) in [5.41, 5.74) is 0. The van der Waals surface area contributed by atoms with Gasteiger partial charge in [-0.2, -0.15) is 4.98 Å². The Morgan fingerprint density at radius 1 is 1.30 bits per heavy atom. The molecular weight excluding hydrogens is 260 g/mol. The molecule has 2 atom stereocenters. The van der Waals surface area contributed by atoms with Crippen LogP contribution in [0.4, 0.5) is 0 Å². The minimum atomic E-state index is -0.426. The molecule has 0 N–H and O–H groups in total. The number of ether oxygens (including phenoxy) is 2. The third kappa shape index (κ3) is 2.57. The third-order valence-electron chi connectivity index (χ3n) is 4.27. The van der Waals surface area contributed by atoms with Gasteiger partial charge in [-0.25, -0.2) is 0 Å². The molecule has 1 aliphatic heterocycles. The van der Waals surface area contributed by atoms with E-state index in [1.807, 2.05) is 0 Å². The molecule has 0 spiro atoms. The van der Waals surface area contributed by atoms with Crippen LogP contribution in [0.15, 0.2) is 4.52 Å². The molecule has 2 aliphatic rings. The number of hydrogen-bond donors (Lipinski definition) is 0. The number of nitrogens with zero attached hydrogens (tertiary/aromatic N) is 2. The van der Waals surface area contributed by atoms with E-state index in [0.29, 0.717) is 11.7 Å². The summed E-state index contributed by atoms with van der Waals surface area (Å²) in [6, 6.07) is 0. The molecule has 1 saturated carbocycles. The zero-order valence-corrected chi connectivity index (χ0v) is 11.7. The van der Waals surface area contributed by atoms with Crippen molar-refractivity contribution in [1.82, 2.24) is 10.1 Å². The van der Waals surface area contributed by atoms with Gasteiger partial charge in [-0.05, 0) is 31.6 Å². The van der Waals surface area contributed by atoms with Gasteiger partial charge in [0, 0.05) is 6.61 Å². The Labute approximate surface area is 117 Å². The van der Waals surface area contributed by atoms with Crippen molar-refractivity contribution in [2.45, 2.75) is 50.5 Å². The first kappa shape index (κ1) is 13.5. The van der Waals surface area contributed by atoms with E-state index in [1.54, 1.807) is 0 Å². The molecule has 2 fully saturated rings. The van der Waals surface area contributed by atoms with Crippen LogP contribution in [0.25, 0.3) is 0 Å². The zero-order chi connectivity index (χ0) is 13.9. The Hall–Kier alpha value is -1.43. The quantitative estimate of drug-likeness (QED) is 0.788. The Morgan fingerprint density at radius 2 is 2.10 bits per heavy atom. The zero-order valence-electron chi connectivity index (χ0n) is 11.7. The highest BCUT2D eigenvalue weighted by Crippen LogP contribution is 2.38. The van der Waals surface area contributed by atoms with Gasteiger partial charge < -0.3 is 14.0 Å². The molecule has 0 amide bonds. The van der Waals surface area contributed by atoms with Crippen LogP contribution in [0.2, 0.25) is 0 Å². The van der Waals surface area contributed by atoms with Crippen LogP contribution in [-0.2, 0) is 14.3 Å². The summed E-state index contributed by atoms with van der Waals surface area (Å²) in [5, 5.41) is 3.99. The minimum absolute atomic E-state index is 0.0885. The van der Waals surface area contributed by atoms with Crippen molar-refractivity contribution in [2.24, 2.45) is 5.92 Å². The van der Waals surface area contributed by atoms with E-state index in [0.717, 1.165) is 45.1 Å². The average molecular weight is 280 g/mol. The first-order chi connectivity index (χ1) is 9.79. The minimum Gasteiger partial charge on any atom is -0.468 e. The Kier molecular flexibility index (Phi) is 4.00. The predicted octanol–water partition coefficient (Wildman–Crippen LogP) is 2.37. The number of carbonyl (C=O) groups is 1. The summed E-state index contributed by atoms with van der Waals surface area (Å²) in [5.74, 6) is 0.489. The Balaban J connectivity index is 1.81. The first-order valence-electron chi connectivity index (χ1n) is 7.32. The second-order valence-corrected chi connectivity index (χ2v) is 5.54. The van der Waals surface area contributed by atoms with Crippen LogP contribution < -0.4 is 0 Å². The molecule has 110 valence electrons. The van der Waals surface area contributed by atoms with Crippen LogP contribution in [0.5, 0.6) is 0 Å². The third-order valence-corrected chi connectivity index (χ3v) is 4.27. The number of esters is 1. The summed E-state index contributed by atoms with van der Waals surface area (Å²) >= 11 is 0. The van der Waals surface area contributed by atoms with Gasteiger partial charge in [-0.3, -0.25) is 4.79 Å². The molecule has 2 unspecified atom stereocenters. The fraction of sp³-hybridized carbons (Fsp3) is 0.786. The lowest BCUT2D eigenvalue weighted by atomic mass is 9.91. The van der Waals surface area contributed by atoms with Crippen LogP contribution in [0, 0.1) is 5.92 Å². The van der Waals surface area contributed by atoms with Crippen molar-refractivity contribution in [1.29, 1.82) is 0 Å². The highest BCUT2D eigenvalue weighted by Gasteiger charge is 2.38. The molecule has 6 nitrogen and oxygen atoms in total. The molecule has 2 heterocycles. The number of carbonyl (C=O) groups excluding carboxylic acids is 1. The van der Waals surface area contributed by atoms with Gasteiger partial charge >= 0.3 is 5.97 Å². The van der Waals surface area contributed by atoms with Crippen molar-refractivity contribution in [2.75, 3.05) is 13.7 Å². The number of hydrogen-bond acceptors (Lipinski definition) is 6. The summed E-state index contributed by atoms with van der Waals surface area (Å²) in [7, 11) is 1.40. The standard InChI is InChI=1S/C14H20N2O4/c1-18-14(17)11(9-5-2-3-6-9)13-15-12(16-20-13)10-7-4-8-19-10/h9-11H,2-8H2,1H3. The molecular formula is C14H20N2O4. The largest absolute Gasteiger partial charge is 0.468 e. The molecule has 3 rings (SSSR count). The maximum absolute atomic E-state index is 12.0. The summed E-state index contributed by atoms with van der Waals surface area (Å²) < 4.78 is 15.8. The highest BCUT2D eigenvalue weighted by molar-refractivity contribution is 5.77. The maximum atomic E-state index is 12.0. The van der Waals surface area contributed by atoms with E-state index < -0.39 is 5.92 Å². The Bertz CT molecular complexity index is 461. The van der Waals surface area contributed by atoms with Gasteiger partial charge in [0.2, 0.25) is 11.7 Å². The van der Waals surface area contributed by atoms with Gasteiger partial charge in [-0.15, -0.1) is 0 Å². The van der Waals surface area contributed by atoms with Crippen molar-refractivity contribution in [3.63, 3.8) is 0 Å². The maximum Gasteiger partial charge on any atom is 0.318 e. The fourth-order valence-corrected chi connectivity index (χ4v) is 3.20. The lowest BCUT2D eigenvalue weighted by Gasteiger charge is -2.16. The fourth-order valence-electron chi connectivity index (χ4n) is 3.20. The number of aromatic nitrogens is 2. The smallest absolute Gasteiger partial charge is 0.318 e. The van der Waals surface area contributed by atoms with Crippen molar-refractivity contribution in [3.8, 4) is 0 Å². The van der Waals surface area contributed by atoms with Gasteiger partial charge in [0.25, 0.3) is 0 Å². The van der Waals surface area contributed by atoms with E-state index in [2.05, 4.69) is 10.1 Å². The van der Waals surface area contributed by atoms with Crippen molar-refractivity contribution in [3.05, 3.63) is 11.7 Å². The van der Waals surface area contributed by atoms with Crippen LogP contribution in [0.1, 0.15) is 62.3 Å². The van der Waals surface area contributed by atoms with Crippen LogP contribution in [0.3, 0.4) is 0 Å². The van der Waals surface area contributed by atoms with E-state index >= 15 is 0 Å². The molecule has 0 aromatic carbocycles. The van der Waals surface area contributed by atoms with Gasteiger partial charge in [0.05, 0.1) is 7.11 Å². The monoisotopic (exact) mass is 280 g/mol. The van der Waals surface area contributed by atoms with Crippen molar-refractivity contribution < 1.29 is 18.8 Å². The molecule has 0 radical (unpaired) electrons. The SMILES string of the molecule is COC(=O)C(c1nc(C2CCCO2)no1)C1CCCC1. The molecule has 0 bridgehead atoms. The average Bonchev–Trinajstić information content (AvgIpc) is 3.20. The number of rotatable bonds is 4. The Morgan fingerprint density at radius 3 is 2.75 bits per heavy atom. The van der Waals surface area contributed by atoms with E-state index in [-0.39, 0.29) is 18.0 Å². The van der Waals surface area contributed by atoms with Gasteiger partial charge in [0.15, 0.2) is 0 Å². The second kappa shape index (κ2) is 5.91. The molecule has 1 aromatic heterocycles. The predicted molar refractivity (Wildman–Crippen MR) is 68.9 cm³/mol. The van der Waals surface area contributed by atoms with E-state index in [4.69, 9.17) is 14.0 Å². The molecule has 1 aliphatic carbocycles. The lowest BCUT2D eigenvalue weighted by Crippen LogP contribution is -2.22. The van der Waals surface area contributed by atoms with Crippen LogP contribution in [-0.4, -0.2) is 29.8 Å². The van der Waals surface area contributed by atoms with E-state index in [1.165, 1.54) is 7.11 Å². The molecule has 1 aromatic rings. The topological polar surface area (TPSA) is 74.5 Å².